The highest BCUT2D eigenvalue weighted by Gasteiger charge is 2.19. The summed E-state index contributed by atoms with van der Waals surface area (Å²) >= 11 is 9.97. The summed E-state index contributed by atoms with van der Waals surface area (Å²) in [6, 6.07) is 12.8. The lowest BCUT2D eigenvalue weighted by Crippen LogP contribution is -2.05. The number of alkyl halides is 1. The highest BCUT2D eigenvalue weighted by Crippen LogP contribution is 2.37. The van der Waals surface area contributed by atoms with Crippen LogP contribution in [0.4, 0.5) is 0 Å². The Hall–Kier alpha value is -1.31. The van der Waals surface area contributed by atoms with Crippen LogP contribution in [0.25, 0.3) is 11.1 Å². The fraction of sp³-hybridized carbons (Fsp3) is 0.238. The first-order valence-corrected chi connectivity index (χ1v) is 9.43. The molecule has 0 radical (unpaired) electrons. The summed E-state index contributed by atoms with van der Waals surface area (Å²) in [6.07, 6.45) is 5.32. The molecule has 2 aromatic rings. The molecule has 118 valence electrons. The van der Waals surface area contributed by atoms with E-state index in [-0.39, 0.29) is 0 Å². The molecule has 2 aromatic carbocycles. The number of halogens is 2. The van der Waals surface area contributed by atoms with E-state index in [0.717, 1.165) is 35.2 Å². The van der Waals surface area contributed by atoms with Gasteiger partial charge in [-0.3, -0.25) is 0 Å². The van der Waals surface area contributed by atoms with Gasteiger partial charge in [-0.2, -0.15) is 0 Å². The lowest BCUT2D eigenvalue weighted by atomic mass is 9.83. The van der Waals surface area contributed by atoms with Crippen LogP contribution in [0.1, 0.15) is 34.2 Å². The molecule has 0 bridgehead atoms. The van der Waals surface area contributed by atoms with Crippen LogP contribution in [0.5, 0.6) is 0 Å². The number of aryl methyl sites for hydroxylation is 2. The van der Waals surface area contributed by atoms with Crippen molar-refractivity contribution in [2.75, 3.05) is 5.33 Å². The van der Waals surface area contributed by atoms with Gasteiger partial charge in [-0.05, 0) is 59.2 Å². The van der Waals surface area contributed by atoms with Crippen molar-refractivity contribution in [2.24, 2.45) is 0 Å². The van der Waals surface area contributed by atoms with Gasteiger partial charge in [0.05, 0.1) is 0 Å². The van der Waals surface area contributed by atoms with Gasteiger partial charge < -0.3 is 0 Å². The lowest BCUT2D eigenvalue weighted by Gasteiger charge is -2.22. The van der Waals surface area contributed by atoms with Crippen molar-refractivity contribution in [1.29, 1.82) is 0 Å². The van der Waals surface area contributed by atoms with Gasteiger partial charge in [0.15, 0.2) is 0 Å². The van der Waals surface area contributed by atoms with Crippen molar-refractivity contribution < 1.29 is 0 Å². The fourth-order valence-electron chi connectivity index (χ4n) is 3.24. The van der Waals surface area contributed by atoms with E-state index in [1.54, 1.807) is 0 Å². The van der Waals surface area contributed by atoms with Gasteiger partial charge in [-0.1, -0.05) is 76.1 Å². The number of benzene rings is 2. The molecule has 3 rings (SSSR count). The van der Waals surface area contributed by atoms with Crippen LogP contribution in [0.3, 0.4) is 0 Å². The number of fused-ring (bicyclic) bond motifs is 1. The van der Waals surface area contributed by atoms with Crippen LogP contribution in [0, 0.1) is 6.92 Å². The summed E-state index contributed by atoms with van der Waals surface area (Å²) in [5.41, 5.74) is 8.81. The second-order valence-corrected chi connectivity index (χ2v) is 7.29. The second kappa shape index (κ2) is 7.07. The molecule has 0 amide bonds. The summed E-state index contributed by atoms with van der Waals surface area (Å²) in [6.45, 7) is 6.39. The summed E-state index contributed by atoms with van der Waals surface area (Å²) < 4.78 is 0. The Labute approximate surface area is 152 Å². The van der Waals surface area contributed by atoms with E-state index in [1.165, 1.54) is 33.4 Å². The van der Waals surface area contributed by atoms with E-state index < -0.39 is 0 Å². The summed E-state index contributed by atoms with van der Waals surface area (Å²) in [7, 11) is 0. The minimum absolute atomic E-state index is 0.836. The maximum atomic E-state index is 6.43. The molecule has 0 unspecified atom stereocenters. The Balaban J connectivity index is 2.03. The SMILES string of the molecule is C=C1C=C(c2ccc(C)cc2CCCBr)Cc2c(Cl)cccc21. The Bertz CT molecular complexity index is 786. The molecule has 0 saturated heterocycles. The van der Waals surface area contributed by atoms with E-state index in [1.807, 2.05) is 12.1 Å². The first-order chi connectivity index (χ1) is 11.1. The zero-order valence-electron chi connectivity index (χ0n) is 13.3. The fourth-order valence-corrected chi connectivity index (χ4v) is 3.76. The van der Waals surface area contributed by atoms with Crippen molar-refractivity contribution >= 4 is 38.7 Å². The van der Waals surface area contributed by atoms with Crippen molar-refractivity contribution in [3.63, 3.8) is 0 Å². The van der Waals surface area contributed by atoms with Crippen LogP contribution < -0.4 is 0 Å². The maximum absolute atomic E-state index is 6.43. The van der Waals surface area contributed by atoms with Gasteiger partial charge in [-0.15, -0.1) is 0 Å². The minimum Gasteiger partial charge on any atom is -0.0928 e. The van der Waals surface area contributed by atoms with Gasteiger partial charge in [-0.25, -0.2) is 0 Å². The molecule has 0 aromatic heterocycles. The standard InChI is InChI=1S/C21H20BrCl/c1-14-8-9-19(16(11-14)5-4-10-22)17-12-15(2)18-6-3-7-21(23)20(18)13-17/h3,6-9,11-12H,2,4-5,10,13H2,1H3. The second-order valence-electron chi connectivity index (χ2n) is 6.09. The van der Waals surface area contributed by atoms with Gasteiger partial charge in [0.1, 0.15) is 0 Å². The van der Waals surface area contributed by atoms with Crippen molar-refractivity contribution in [3.8, 4) is 0 Å². The van der Waals surface area contributed by atoms with E-state index in [9.17, 15) is 0 Å². The lowest BCUT2D eigenvalue weighted by molar-refractivity contribution is 0.932. The van der Waals surface area contributed by atoms with Gasteiger partial charge in [0.2, 0.25) is 0 Å². The number of rotatable bonds is 4. The van der Waals surface area contributed by atoms with Crippen LogP contribution in [-0.2, 0) is 12.8 Å². The average Bonchev–Trinajstić information content (AvgIpc) is 2.54. The van der Waals surface area contributed by atoms with E-state index >= 15 is 0 Å². The summed E-state index contributed by atoms with van der Waals surface area (Å²) in [5, 5.41) is 1.87. The van der Waals surface area contributed by atoms with E-state index in [0.29, 0.717) is 0 Å². The first-order valence-electron chi connectivity index (χ1n) is 7.93. The largest absolute Gasteiger partial charge is 0.0928 e. The van der Waals surface area contributed by atoms with E-state index in [2.05, 4.69) is 59.8 Å². The molecule has 0 fully saturated rings. The highest BCUT2D eigenvalue weighted by atomic mass is 79.9. The van der Waals surface area contributed by atoms with Crippen LogP contribution in [-0.4, -0.2) is 5.33 Å². The Morgan fingerprint density at radius 1 is 1.17 bits per heavy atom. The zero-order valence-corrected chi connectivity index (χ0v) is 15.7. The molecular formula is C21H20BrCl. The van der Waals surface area contributed by atoms with Crippen LogP contribution >= 0.6 is 27.5 Å². The molecule has 0 saturated carbocycles. The number of hydrogen-bond donors (Lipinski definition) is 0. The predicted octanol–water partition coefficient (Wildman–Crippen LogP) is 6.63. The van der Waals surface area contributed by atoms with Gasteiger partial charge in [0.25, 0.3) is 0 Å². The highest BCUT2D eigenvalue weighted by molar-refractivity contribution is 9.09. The maximum Gasteiger partial charge on any atom is 0.0447 e. The van der Waals surface area contributed by atoms with Crippen LogP contribution in [0.2, 0.25) is 5.02 Å². The third-order valence-corrected chi connectivity index (χ3v) is 5.28. The normalized spacial score (nSPS) is 13.7. The molecule has 0 N–H and O–H groups in total. The van der Waals surface area contributed by atoms with E-state index in [4.69, 9.17) is 11.6 Å². The molecule has 0 nitrogen and oxygen atoms in total. The summed E-state index contributed by atoms with van der Waals surface area (Å²) in [5.74, 6) is 0. The van der Waals surface area contributed by atoms with Crippen LogP contribution in [0.15, 0.2) is 49.1 Å². The molecule has 1 aliphatic carbocycles. The number of allylic oxidation sites excluding steroid dienone is 3. The van der Waals surface area contributed by atoms with Gasteiger partial charge in [0, 0.05) is 16.8 Å². The molecule has 1 aliphatic rings. The molecular weight excluding hydrogens is 368 g/mol. The Morgan fingerprint density at radius 2 is 2.00 bits per heavy atom. The zero-order chi connectivity index (χ0) is 16.4. The molecule has 0 atom stereocenters. The van der Waals surface area contributed by atoms with Crippen molar-refractivity contribution in [3.05, 3.63) is 81.9 Å². The molecule has 0 aliphatic heterocycles. The summed E-state index contributed by atoms with van der Waals surface area (Å²) in [4.78, 5) is 0. The molecule has 0 spiro atoms. The molecule has 0 heterocycles. The predicted molar refractivity (Wildman–Crippen MR) is 105 cm³/mol. The number of hydrogen-bond acceptors (Lipinski definition) is 0. The third kappa shape index (κ3) is 3.46. The first kappa shape index (κ1) is 16.5. The van der Waals surface area contributed by atoms with Crippen molar-refractivity contribution in [1.82, 2.24) is 0 Å². The average molecular weight is 388 g/mol. The topological polar surface area (TPSA) is 0 Å². The monoisotopic (exact) mass is 386 g/mol. The Kier molecular flexibility index (Phi) is 5.08. The van der Waals surface area contributed by atoms with Crippen molar-refractivity contribution in [2.45, 2.75) is 26.2 Å². The molecule has 2 heteroatoms. The quantitative estimate of drug-likeness (QED) is 0.516. The smallest absolute Gasteiger partial charge is 0.0447 e. The minimum atomic E-state index is 0.836. The third-order valence-electron chi connectivity index (χ3n) is 4.37. The Morgan fingerprint density at radius 3 is 2.78 bits per heavy atom. The van der Waals surface area contributed by atoms with Gasteiger partial charge >= 0.3 is 0 Å². The molecule has 23 heavy (non-hydrogen) atoms.